The van der Waals surface area contributed by atoms with Crippen molar-refractivity contribution in [3.63, 3.8) is 0 Å². The summed E-state index contributed by atoms with van der Waals surface area (Å²) >= 11 is 1.82. The molecule has 0 bridgehead atoms. The lowest BCUT2D eigenvalue weighted by molar-refractivity contribution is 0.296. The first-order valence-electron chi connectivity index (χ1n) is 6.14. The lowest BCUT2D eigenvalue weighted by Gasteiger charge is -2.11. The number of rotatable bonds is 10. The van der Waals surface area contributed by atoms with Crippen LogP contribution in [-0.4, -0.2) is 54.0 Å². The Morgan fingerprint density at radius 3 is 2.47 bits per heavy atom. The molecule has 0 radical (unpaired) electrons. The van der Waals surface area contributed by atoms with Gasteiger partial charge in [0.05, 0.1) is 19.8 Å². The Morgan fingerprint density at radius 1 is 1.21 bits per heavy atom. The molecular formula is C12H21N3O3S. The topological polar surface area (TPSA) is 76.5 Å². The van der Waals surface area contributed by atoms with E-state index < -0.39 is 0 Å². The van der Waals surface area contributed by atoms with Crippen LogP contribution in [0.1, 0.15) is 12.0 Å². The highest BCUT2D eigenvalue weighted by Gasteiger charge is 2.11. The number of methoxy groups -OCH3 is 2. The maximum atomic E-state index is 8.66. The summed E-state index contributed by atoms with van der Waals surface area (Å²) in [5.41, 5.74) is 0.827. The minimum Gasteiger partial charge on any atom is -0.481 e. The zero-order chi connectivity index (χ0) is 13.9. The summed E-state index contributed by atoms with van der Waals surface area (Å²) in [6.45, 7) is 1.74. The molecule has 19 heavy (non-hydrogen) atoms. The van der Waals surface area contributed by atoms with Crippen molar-refractivity contribution < 1.29 is 14.6 Å². The molecule has 0 aromatic carbocycles. The third kappa shape index (κ3) is 5.63. The van der Waals surface area contributed by atoms with Crippen molar-refractivity contribution >= 4 is 11.8 Å². The third-order valence-corrected chi connectivity index (χ3v) is 3.49. The number of hydrogen-bond donors (Lipinski definition) is 2. The van der Waals surface area contributed by atoms with E-state index in [1.165, 1.54) is 6.33 Å². The first-order valence-corrected chi connectivity index (χ1v) is 7.30. The summed E-state index contributed by atoms with van der Waals surface area (Å²) in [6, 6.07) is 0. The normalized spacial score (nSPS) is 10.5. The molecule has 1 heterocycles. The lowest BCUT2D eigenvalue weighted by atomic mass is 10.3. The summed E-state index contributed by atoms with van der Waals surface area (Å²) in [6.07, 6.45) is 2.27. The number of thioether (sulfide) groups is 1. The monoisotopic (exact) mass is 287 g/mol. The van der Waals surface area contributed by atoms with Gasteiger partial charge in [-0.25, -0.2) is 9.97 Å². The van der Waals surface area contributed by atoms with E-state index in [0.717, 1.165) is 30.0 Å². The number of aromatic nitrogens is 2. The van der Waals surface area contributed by atoms with Crippen molar-refractivity contribution in [1.82, 2.24) is 15.3 Å². The molecule has 108 valence electrons. The molecule has 0 aliphatic carbocycles. The number of hydrogen-bond acceptors (Lipinski definition) is 7. The molecule has 0 spiro atoms. The molecule has 0 unspecified atom stereocenters. The van der Waals surface area contributed by atoms with Gasteiger partial charge in [0, 0.05) is 25.4 Å². The maximum absolute atomic E-state index is 8.66. The SMILES string of the molecule is COc1ncnc(OC)c1CNCCSCCCO. The van der Waals surface area contributed by atoms with Crippen LogP contribution < -0.4 is 14.8 Å². The summed E-state index contributed by atoms with van der Waals surface area (Å²) in [7, 11) is 3.16. The van der Waals surface area contributed by atoms with Crippen molar-refractivity contribution in [3.05, 3.63) is 11.9 Å². The summed E-state index contributed by atoms with van der Waals surface area (Å²) in [4.78, 5) is 8.12. The molecule has 6 nitrogen and oxygen atoms in total. The molecule has 0 fully saturated rings. The minimum atomic E-state index is 0.260. The smallest absolute Gasteiger partial charge is 0.224 e. The molecule has 1 rings (SSSR count). The van der Waals surface area contributed by atoms with Gasteiger partial charge >= 0.3 is 0 Å². The zero-order valence-corrected chi connectivity index (χ0v) is 12.2. The maximum Gasteiger partial charge on any atom is 0.224 e. The van der Waals surface area contributed by atoms with Crippen molar-refractivity contribution in [2.45, 2.75) is 13.0 Å². The van der Waals surface area contributed by atoms with E-state index >= 15 is 0 Å². The second kappa shape index (κ2) is 9.82. The average molecular weight is 287 g/mol. The Morgan fingerprint density at radius 2 is 1.89 bits per heavy atom. The van der Waals surface area contributed by atoms with E-state index in [9.17, 15) is 0 Å². The Hall–Kier alpha value is -1.05. The Kier molecular flexibility index (Phi) is 8.28. The highest BCUT2D eigenvalue weighted by molar-refractivity contribution is 7.99. The molecule has 0 amide bonds. The fourth-order valence-corrected chi connectivity index (χ4v) is 2.34. The van der Waals surface area contributed by atoms with Gasteiger partial charge in [0.2, 0.25) is 11.8 Å². The van der Waals surface area contributed by atoms with Crippen molar-refractivity contribution in [2.24, 2.45) is 0 Å². The van der Waals surface area contributed by atoms with Gasteiger partial charge in [-0.2, -0.15) is 11.8 Å². The van der Waals surface area contributed by atoms with E-state index in [2.05, 4.69) is 15.3 Å². The van der Waals surface area contributed by atoms with Gasteiger partial charge in [-0.3, -0.25) is 0 Å². The largest absolute Gasteiger partial charge is 0.481 e. The molecule has 7 heteroatoms. The second-order valence-electron chi connectivity index (χ2n) is 3.74. The van der Waals surface area contributed by atoms with Gasteiger partial charge in [0.25, 0.3) is 0 Å². The third-order valence-electron chi connectivity index (χ3n) is 2.42. The van der Waals surface area contributed by atoms with Gasteiger partial charge in [0.1, 0.15) is 6.33 Å². The molecule has 0 aliphatic rings. The van der Waals surface area contributed by atoms with Gasteiger partial charge < -0.3 is 19.9 Å². The molecular weight excluding hydrogens is 266 g/mol. The Bertz CT molecular complexity index is 344. The van der Waals surface area contributed by atoms with Crippen molar-refractivity contribution in [1.29, 1.82) is 0 Å². The minimum absolute atomic E-state index is 0.260. The summed E-state index contributed by atoms with van der Waals surface area (Å²) in [5, 5.41) is 12.0. The van der Waals surface area contributed by atoms with E-state index in [-0.39, 0.29) is 6.61 Å². The van der Waals surface area contributed by atoms with E-state index in [1.807, 2.05) is 11.8 Å². The number of nitrogens with zero attached hydrogens (tertiary/aromatic N) is 2. The Labute approximate surface area is 117 Å². The molecule has 0 atom stereocenters. The fraction of sp³-hybridized carbons (Fsp3) is 0.667. The molecule has 0 aliphatic heterocycles. The van der Waals surface area contributed by atoms with Crippen molar-refractivity contribution in [2.75, 3.05) is 38.9 Å². The van der Waals surface area contributed by atoms with Gasteiger partial charge in [-0.05, 0) is 12.2 Å². The first-order chi connectivity index (χ1) is 9.33. The second-order valence-corrected chi connectivity index (χ2v) is 4.96. The number of aliphatic hydroxyl groups is 1. The number of nitrogens with one attached hydrogen (secondary N) is 1. The predicted octanol–water partition coefficient (Wildman–Crippen LogP) is 0.699. The molecule has 0 saturated heterocycles. The van der Waals surface area contributed by atoms with Crippen LogP contribution in [0.3, 0.4) is 0 Å². The van der Waals surface area contributed by atoms with Gasteiger partial charge in [-0.1, -0.05) is 0 Å². The van der Waals surface area contributed by atoms with Crippen LogP contribution in [0.4, 0.5) is 0 Å². The van der Waals surface area contributed by atoms with Crippen LogP contribution in [0, 0.1) is 0 Å². The summed E-state index contributed by atoms with van der Waals surface area (Å²) < 4.78 is 10.4. The summed E-state index contributed by atoms with van der Waals surface area (Å²) in [5.74, 6) is 3.05. The van der Waals surface area contributed by atoms with E-state index in [0.29, 0.717) is 18.3 Å². The van der Waals surface area contributed by atoms with Crippen LogP contribution in [0.5, 0.6) is 11.8 Å². The number of aliphatic hydroxyl groups excluding tert-OH is 1. The van der Waals surface area contributed by atoms with Crippen LogP contribution in [0.15, 0.2) is 6.33 Å². The molecule has 0 saturated carbocycles. The zero-order valence-electron chi connectivity index (χ0n) is 11.4. The molecule has 1 aromatic rings. The van der Waals surface area contributed by atoms with E-state index in [1.54, 1.807) is 14.2 Å². The van der Waals surface area contributed by atoms with Crippen LogP contribution in [0.25, 0.3) is 0 Å². The molecule has 2 N–H and O–H groups in total. The van der Waals surface area contributed by atoms with E-state index in [4.69, 9.17) is 14.6 Å². The molecule has 1 aromatic heterocycles. The van der Waals surface area contributed by atoms with Gasteiger partial charge in [-0.15, -0.1) is 0 Å². The fourth-order valence-electron chi connectivity index (χ4n) is 1.51. The van der Waals surface area contributed by atoms with Crippen LogP contribution >= 0.6 is 11.8 Å². The quantitative estimate of drug-likeness (QED) is 0.613. The Balaban J connectivity index is 2.35. The van der Waals surface area contributed by atoms with Crippen LogP contribution in [0.2, 0.25) is 0 Å². The highest BCUT2D eigenvalue weighted by atomic mass is 32.2. The van der Waals surface area contributed by atoms with Crippen LogP contribution in [-0.2, 0) is 6.54 Å². The van der Waals surface area contributed by atoms with Gasteiger partial charge in [0.15, 0.2) is 0 Å². The lowest BCUT2D eigenvalue weighted by Crippen LogP contribution is -2.18. The number of ether oxygens (including phenoxy) is 2. The first kappa shape index (κ1) is 16.0. The average Bonchev–Trinajstić information content (AvgIpc) is 2.46. The van der Waals surface area contributed by atoms with Crippen molar-refractivity contribution in [3.8, 4) is 11.8 Å². The standard InChI is InChI=1S/C12H21N3O3S/c1-17-11-10(12(18-2)15-9-14-11)8-13-4-7-19-6-3-5-16/h9,13,16H,3-8H2,1-2H3. The predicted molar refractivity (Wildman–Crippen MR) is 75.9 cm³/mol. The highest BCUT2D eigenvalue weighted by Crippen LogP contribution is 2.22.